The minimum absolute atomic E-state index is 0.0972. The van der Waals surface area contributed by atoms with Gasteiger partial charge in [-0.15, -0.1) is 0 Å². The molecule has 70 valence electrons. The Morgan fingerprint density at radius 1 is 1.46 bits per heavy atom. The molecular weight excluding hydrogens is 164 g/mol. The number of nitrogens with one attached hydrogen (secondary N) is 2. The van der Waals surface area contributed by atoms with Gasteiger partial charge in [0.2, 0.25) is 0 Å². The molecule has 0 aromatic carbocycles. The quantitative estimate of drug-likeness (QED) is 0.676. The average Bonchev–Trinajstić information content (AvgIpc) is 2.53. The maximum atomic E-state index is 11.2. The average molecular weight is 178 g/mol. The lowest BCUT2D eigenvalue weighted by molar-refractivity contribution is 0.625. The topological polar surface area (TPSA) is 44.9 Å². The SMILES string of the molecule is Cc1cc(=O)cc(C2CCCN2)[nH]1. The molecule has 0 bridgehead atoms. The Bertz CT molecular complexity index is 350. The number of pyridine rings is 1. The molecular formula is C10H14N2O. The first-order chi connectivity index (χ1) is 6.25. The predicted octanol–water partition coefficient (Wildman–Crippen LogP) is 1.11. The first-order valence-corrected chi connectivity index (χ1v) is 4.70. The Labute approximate surface area is 77.2 Å². The lowest BCUT2D eigenvalue weighted by atomic mass is 10.1. The fourth-order valence-corrected chi connectivity index (χ4v) is 1.85. The van der Waals surface area contributed by atoms with Gasteiger partial charge in [0, 0.05) is 29.6 Å². The number of hydrogen-bond donors (Lipinski definition) is 2. The van der Waals surface area contributed by atoms with E-state index in [1.807, 2.05) is 6.92 Å². The number of rotatable bonds is 1. The fourth-order valence-electron chi connectivity index (χ4n) is 1.85. The summed E-state index contributed by atoms with van der Waals surface area (Å²) < 4.78 is 0. The molecule has 3 heteroatoms. The highest BCUT2D eigenvalue weighted by Gasteiger charge is 2.16. The number of hydrogen-bond acceptors (Lipinski definition) is 2. The molecule has 3 nitrogen and oxygen atoms in total. The Balaban J connectivity index is 2.33. The molecule has 0 radical (unpaired) electrons. The molecule has 1 aromatic rings. The number of H-pyrrole nitrogens is 1. The molecule has 0 amide bonds. The van der Waals surface area contributed by atoms with E-state index in [1.165, 1.54) is 6.42 Å². The van der Waals surface area contributed by atoms with Crippen LogP contribution >= 0.6 is 0 Å². The molecule has 1 atom stereocenters. The summed E-state index contributed by atoms with van der Waals surface area (Å²) in [4.78, 5) is 14.4. The Morgan fingerprint density at radius 2 is 2.31 bits per heavy atom. The largest absolute Gasteiger partial charge is 0.361 e. The van der Waals surface area contributed by atoms with E-state index in [9.17, 15) is 4.79 Å². The van der Waals surface area contributed by atoms with E-state index in [0.29, 0.717) is 6.04 Å². The maximum Gasteiger partial charge on any atom is 0.182 e. The van der Waals surface area contributed by atoms with Gasteiger partial charge in [0.05, 0.1) is 0 Å². The molecule has 1 aromatic heterocycles. The summed E-state index contributed by atoms with van der Waals surface area (Å²) in [7, 11) is 0. The zero-order valence-electron chi connectivity index (χ0n) is 7.76. The van der Waals surface area contributed by atoms with Gasteiger partial charge in [-0.25, -0.2) is 0 Å². The van der Waals surface area contributed by atoms with E-state index in [0.717, 1.165) is 24.4 Å². The van der Waals surface area contributed by atoms with E-state index in [-0.39, 0.29) is 5.43 Å². The predicted molar refractivity (Wildman–Crippen MR) is 51.8 cm³/mol. The van der Waals surface area contributed by atoms with Gasteiger partial charge in [-0.1, -0.05) is 0 Å². The third-order valence-corrected chi connectivity index (χ3v) is 2.43. The van der Waals surface area contributed by atoms with Crippen LogP contribution in [0, 0.1) is 6.92 Å². The molecule has 1 unspecified atom stereocenters. The van der Waals surface area contributed by atoms with E-state index in [2.05, 4.69) is 10.3 Å². The van der Waals surface area contributed by atoms with Crippen molar-refractivity contribution < 1.29 is 0 Å². The van der Waals surface area contributed by atoms with Crippen LogP contribution in [0.15, 0.2) is 16.9 Å². The van der Waals surface area contributed by atoms with Gasteiger partial charge in [0.25, 0.3) is 0 Å². The summed E-state index contributed by atoms with van der Waals surface area (Å²) in [5, 5.41) is 3.36. The minimum Gasteiger partial charge on any atom is -0.361 e. The molecule has 1 saturated heterocycles. The van der Waals surface area contributed by atoms with Crippen LogP contribution < -0.4 is 10.7 Å². The molecule has 0 saturated carbocycles. The second-order valence-corrected chi connectivity index (χ2v) is 3.60. The number of aromatic amines is 1. The van der Waals surface area contributed by atoms with E-state index in [4.69, 9.17) is 0 Å². The zero-order chi connectivity index (χ0) is 9.26. The van der Waals surface area contributed by atoms with Crippen LogP contribution in [0.3, 0.4) is 0 Å². The van der Waals surface area contributed by atoms with Crippen molar-refractivity contribution in [1.29, 1.82) is 0 Å². The molecule has 2 heterocycles. The Morgan fingerprint density at radius 3 is 2.92 bits per heavy atom. The van der Waals surface area contributed by atoms with Crippen molar-refractivity contribution in [2.75, 3.05) is 6.54 Å². The van der Waals surface area contributed by atoms with Crippen molar-refractivity contribution in [3.05, 3.63) is 33.7 Å². The second-order valence-electron chi connectivity index (χ2n) is 3.60. The van der Waals surface area contributed by atoms with Gasteiger partial charge < -0.3 is 10.3 Å². The molecule has 1 aliphatic heterocycles. The smallest absolute Gasteiger partial charge is 0.182 e. The van der Waals surface area contributed by atoms with Crippen molar-refractivity contribution in [3.63, 3.8) is 0 Å². The summed E-state index contributed by atoms with van der Waals surface area (Å²) in [5.41, 5.74) is 2.07. The summed E-state index contributed by atoms with van der Waals surface area (Å²) in [6.45, 7) is 2.97. The molecule has 0 spiro atoms. The molecule has 1 aliphatic rings. The van der Waals surface area contributed by atoms with Crippen LogP contribution in [0.2, 0.25) is 0 Å². The van der Waals surface area contributed by atoms with E-state index in [1.54, 1.807) is 12.1 Å². The highest BCUT2D eigenvalue weighted by molar-refractivity contribution is 5.14. The molecule has 2 N–H and O–H groups in total. The highest BCUT2D eigenvalue weighted by atomic mass is 16.1. The Hall–Kier alpha value is -1.09. The first-order valence-electron chi connectivity index (χ1n) is 4.70. The lowest BCUT2D eigenvalue weighted by Crippen LogP contribution is -2.17. The summed E-state index contributed by atoms with van der Waals surface area (Å²) in [6.07, 6.45) is 2.32. The van der Waals surface area contributed by atoms with Crippen molar-refractivity contribution in [3.8, 4) is 0 Å². The molecule has 2 rings (SSSR count). The van der Waals surface area contributed by atoms with Crippen LogP contribution in [-0.4, -0.2) is 11.5 Å². The van der Waals surface area contributed by atoms with Crippen molar-refractivity contribution in [2.24, 2.45) is 0 Å². The van der Waals surface area contributed by atoms with Crippen LogP contribution in [0.1, 0.15) is 30.3 Å². The molecule has 0 aliphatic carbocycles. The van der Waals surface area contributed by atoms with E-state index < -0.39 is 0 Å². The van der Waals surface area contributed by atoms with Gasteiger partial charge in [-0.3, -0.25) is 4.79 Å². The van der Waals surface area contributed by atoms with Crippen molar-refractivity contribution >= 4 is 0 Å². The summed E-state index contributed by atoms with van der Waals surface area (Å²) in [5.74, 6) is 0. The number of aromatic nitrogens is 1. The van der Waals surface area contributed by atoms with Gasteiger partial charge in [0.15, 0.2) is 5.43 Å². The van der Waals surface area contributed by atoms with Gasteiger partial charge in [-0.2, -0.15) is 0 Å². The highest BCUT2D eigenvalue weighted by Crippen LogP contribution is 2.19. The first kappa shape index (κ1) is 8.51. The zero-order valence-corrected chi connectivity index (χ0v) is 7.76. The second kappa shape index (κ2) is 3.34. The third-order valence-electron chi connectivity index (χ3n) is 2.43. The Kier molecular flexibility index (Phi) is 2.19. The molecule has 13 heavy (non-hydrogen) atoms. The van der Waals surface area contributed by atoms with Crippen molar-refractivity contribution in [2.45, 2.75) is 25.8 Å². The van der Waals surface area contributed by atoms with Crippen LogP contribution in [0.25, 0.3) is 0 Å². The normalized spacial score (nSPS) is 22.1. The maximum absolute atomic E-state index is 11.2. The lowest BCUT2D eigenvalue weighted by Gasteiger charge is -2.10. The summed E-state index contributed by atoms with van der Waals surface area (Å²) >= 11 is 0. The van der Waals surface area contributed by atoms with Gasteiger partial charge in [-0.05, 0) is 26.3 Å². The minimum atomic E-state index is 0.0972. The van der Waals surface area contributed by atoms with Crippen LogP contribution in [0.4, 0.5) is 0 Å². The molecule has 1 fully saturated rings. The van der Waals surface area contributed by atoms with E-state index >= 15 is 0 Å². The third kappa shape index (κ3) is 1.80. The summed E-state index contributed by atoms with van der Waals surface area (Å²) in [6, 6.07) is 3.67. The van der Waals surface area contributed by atoms with Crippen molar-refractivity contribution in [1.82, 2.24) is 10.3 Å². The number of aryl methyl sites for hydroxylation is 1. The standard InChI is InChI=1S/C10H14N2O/c1-7-5-8(13)6-10(12-7)9-3-2-4-11-9/h5-6,9,11H,2-4H2,1H3,(H,12,13). The van der Waals surface area contributed by atoms with Gasteiger partial charge in [0.1, 0.15) is 0 Å². The fraction of sp³-hybridized carbons (Fsp3) is 0.500. The van der Waals surface area contributed by atoms with Crippen LogP contribution in [0.5, 0.6) is 0 Å². The van der Waals surface area contributed by atoms with Gasteiger partial charge >= 0.3 is 0 Å². The van der Waals surface area contributed by atoms with Crippen LogP contribution in [-0.2, 0) is 0 Å². The monoisotopic (exact) mass is 178 g/mol.